The van der Waals surface area contributed by atoms with Gasteiger partial charge in [0.15, 0.2) is 5.82 Å². The van der Waals surface area contributed by atoms with Crippen LogP contribution in [-0.4, -0.2) is 15.6 Å². The smallest absolute Gasteiger partial charge is 0.151 e. The first kappa shape index (κ1) is 13.0. The molecule has 0 saturated heterocycles. The van der Waals surface area contributed by atoms with Crippen molar-refractivity contribution in [2.75, 3.05) is 0 Å². The number of hydrogen-bond acceptors (Lipinski definition) is 2. The van der Waals surface area contributed by atoms with Crippen LogP contribution in [0.5, 0.6) is 0 Å². The van der Waals surface area contributed by atoms with Crippen molar-refractivity contribution in [3.05, 3.63) is 29.8 Å². The molecule has 2 rings (SSSR count). The van der Waals surface area contributed by atoms with E-state index in [1.165, 1.54) is 6.07 Å². The first-order valence-electron chi connectivity index (χ1n) is 6.52. The summed E-state index contributed by atoms with van der Waals surface area (Å²) in [6.07, 6.45) is 2.81. The molecule has 1 unspecified atom stereocenters. The Morgan fingerprint density at radius 3 is 2.89 bits per heavy atom. The molecule has 0 aliphatic rings. The minimum Gasteiger partial charge on any atom is -0.328 e. The zero-order valence-electron chi connectivity index (χ0n) is 11.0. The number of fused-ring (bicyclic) bond motifs is 1. The topological polar surface area (TPSA) is 43.8 Å². The predicted octanol–water partition coefficient (Wildman–Crippen LogP) is 2.87. The second-order valence-electron chi connectivity index (χ2n) is 4.75. The van der Waals surface area contributed by atoms with Gasteiger partial charge in [-0.1, -0.05) is 6.07 Å². The van der Waals surface area contributed by atoms with Gasteiger partial charge in [0.25, 0.3) is 0 Å². The monoisotopic (exact) mass is 249 g/mol. The number of nitrogens with zero attached hydrogens (tertiary/aromatic N) is 2. The SMILES string of the molecule is CCn1c(CCCC(C)N)nc2c(F)cccc21. The van der Waals surface area contributed by atoms with Crippen LogP contribution in [0.15, 0.2) is 18.2 Å². The van der Waals surface area contributed by atoms with Gasteiger partial charge in [0.05, 0.1) is 5.52 Å². The summed E-state index contributed by atoms with van der Waals surface area (Å²) >= 11 is 0. The number of imidazole rings is 1. The van der Waals surface area contributed by atoms with Crippen molar-refractivity contribution in [2.45, 2.75) is 45.7 Å². The van der Waals surface area contributed by atoms with Crippen molar-refractivity contribution in [3.63, 3.8) is 0 Å². The first-order valence-corrected chi connectivity index (χ1v) is 6.52. The maximum atomic E-state index is 13.7. The van der Waals surface area contributed by atoms with E-state index in [0.717, 1.165) is 37.1 Å². The van der Waals surface area contributed by atoms with Gasteiger partial charge < -0.3 is 10.3 Å². The lowest BCUT2D eigenvalue weighted by atomic mass is 10.1. The molecule has 1 heterocycles. The summed E-state index contributed by atoms with van der Waals surface area (Å²) in [5, 5.41) is 0. The Kier molecular flexibility index (Phi) is 3.97. The molecule has 0 radical (unpaired) electrons. The molecular formula is C14H20FN3. The third-order valence-electron chi connectivity index (χ3n) is 3.18. The first-order chi connectivity index (χ1) is 8.63. The van der Waals surface area contributed by atoms with E-state index in [9.17, 15) is 4.39 Å². The maximum absolute atomic E-state index is 13.7. The Hall–Kier alpha value is -1.42. The molecule has 98 valence electrons. The second-order valence-corrected chi connectivity index (χ2v) is 4.75. The summed E-state index contributed by atoms with van der Waals surface area (Å²) in [6.45, 7) is 4.87. The predicted molar refractivity (Wildman–Crippen MR) is 72.0 cm³/mol. The lowest BCUT2D eigenvalue weighted by molar-refractivity contribution is 0.597. The van der Waals surface area contributed by atoms with Crippen molar-refractivity contribution in [1.29, 1.82) is 0 Å². The molecule has 3 nitrogen and oxygen atoms in total. The Morgan fingerprint density at radius 1 is 1.44 bits per heavy atom. The number of hydrogen-bond donors (Lipinski definition) is 1. The van der Waals surface area contributed by atoms with Crippen LogP contribution >= 0.6 is 0 Å². The summed E-state index contributed by atoms with van der Waals surface area (Å²) in [7, 11) is 0. The van der Waals surface area contributed by atoms with Gasteiger partial charge in [-0.05, 0) is 38.8 Å². The minimum absolute atomic E-state index is 0.209. The van der Waals surface area contributed by atoms with Crippen molar-refractivity contribution in [1.82, 2.24) is 9.55 Å². The average molecular weight is 249 g/mol. The van der Waals surface area contributed by atoms with E-state index < -0.39 is 0 Å². The maximum Gasteiger partial charge on any atom is 0.151 e. The fourth-order valence-corrected chi connectivity index (χ4v) is 2.29. The fourth-order valence-electron chi connectivity index (χ4n) is 2.29. The minimum atomic E-state index is -0.242. The zero-order chi connectivity index (χ0) is 13.1. The highest BCUT2D eigenvalue weighted by atomic mass is 19.1. The molecule has 0 spiro atoms. The van der Waals surface area contributed by atoms with E-state index in [2.05, 4.69) is 16.5 Å². The van der Waals surface area contributed by atoms with Crippen LogP contribution in [0.2, 0.25) is 0 Å². The number of halogens is 1. The highest BCUT2D eigenvalue weighted by Gasteiger charge is 2.12. The van der Waals surface area contributed by atoms with Crippen LogP contribution in [0.25, 0.3) is 11.0 Å². The normalized spacial score (nSPS) is 13.1. The molecule has 0 aliphatic carbocycles. The molecular weight excluding hydrogens is 229 g/mol. The molecule has 4 heteroatoms. The van der Waals surface area contributed by atoms with E-state index >= 15 is 0 Å². The molecule has 1 atom stereocenters. The third kappa shape index (κ3) is 2.53. The van der Waals surface area contributed by atoms with Crippen molar-refractivity contribution in [3.8, 4) is 0 Å². The van der Waals surface area contributed by atoms with Crippen LogP contribution in [0, 0.1) is 5.82 Å². The van der Waals surface area contributed by atoms with E-state index in [1.807, 2.05) is 13.0 Å². The summed E-state index contributed by atoms with van der Waals surface area (Å²) in [5.41, 5.74) is 7.10. The van der Waals surface area contributed by atoms with Crippen molar-refractivity contribution in [2.24, 2.45) is 5.73 Å². The Morgan fingerprint density at radius 2 is 2.22 bits per heavy atom. The third-order valence-corrected chi connectivity index (χ3v) is 3.18. The lowest BCUT2D eigenvalue weighted by Crippen LogP contribution is -2.15. The Labute approximate surface area is 107 Å². The molecule has 0 aliphatic heterocycles. The van der Waals surface area contributed by atoms with Crippen molar-refractivity contribution >= 4 is 11.0 Å². The Bertz CT molecular complexity index is 531. The van der Waals surface area contributed by atoms with Gasteiger partial charge >= 0.3 is 0 Å². The number of aromatic nitrogens is 2. The molecule has 2 aromatic rings. The van der Waals surface area contributed by atoms with E-state index in [1.54, 1.807) is 6.07 Å². The highest BCUT2D eigenvalue weighted by molar-refractivity contribution is 5.76. The van der Waals surface area contributed by atoms with Crippen LogP contribution in [0.3, 0.4) is 0 Å². The van der Waals surface area contributed by atoms with Gasteiger partial charge in [-0.3, -0.25) is 0 Å². The van der Waals surface area contributed by atoms with Crippen LogP contribution in [0.1, 0.15) is 32.5 Å². The zero-order valence-corrected chi connectivity index (χ0v) is 11.0. The van der Waals surface area contributed by atoms with Crippen LogP contribution in [-0.2, 0) is 13.0 Å². The van der Waals surface area contributed by atoms with Gasteiger partial charge in [-0.25, -0.2) is 9.37 Å². The molecule has 18 heavy (non-hydrogen) atoms. The molecule has 0 amide bonds. The number of benzene rings is 1. The van der Waals surface area contributed by atoms with Crippen molar-refractivity contribution < 1.29 is 4.39 Å². The lowest BCUT2D eigenvalue weighted by Gasteiger charge is -2.07. The number of aryl methyl sites for hydroxylation is 2. The summed E-state index contributed by atoms with van der Waals surface area (Å²) in [4.78, 5) is 4.43. The van der Waals surface area contributed by atoms with Gasteiger partial charge in [0.2, 0.25) is 0 Å². The van der Waals surface area contributed by atoms with Gasteiger partial charge in [-0.2, -0.15) is 0 Å². The summed E-state index contributed by atoms with van der Waals surface area (Å²) < 4.78 is 15.8. The molecule has 0 saturated carbocycles. The Balaban J connectivity index is 2.29. The average Bonchev–Trinajstić information content (AvgIpc) is 2.68. The largest absolute Gasteiger partial charge is 0.328 e. The van der Waals surface area contributed by atoms with Crippen LogP contribution in [0.4, 0.5) is 4.39 Å². The number of para-hydroxylation sites is 1. The molecule has 0 bridgehead atoms. The number of rotatable bonds is 5. The molecule has 1 aromatic carbocycles. The molecule has 1 aromatic heterocycles. The van der Waals surface area contributed by atoms with E-state index in [-0.39, 0.29) is 11.9 Å². The quantitative estimate of drug-likeness (QED) is 0.885. The van der Waals surface area contributed by atoms with Gasteiger partial charge in [0, 0.05) is 19.0 Å². The standard InChI is InChI=1S/C14H20FN3/c1-3-18-12-8-5-7-11(15)14(12)17-13(18)9-4-6-10(2)16/h5,7-8,10H,3-4,6,9,16H2,1-2H3. The fraction of sp³-hybridized carbons (Fsp3) is 0.500. The van der Waals surface area contributed by atoms with Crippen LogP contribution < -0.4 is 5.73 Å². The summed E-state index contributed by atoms with van der Waals surface area (Å²) in [5.74, 6) is 0.714. The van der Waals surface area contributed by atoms with Gasteiger partial charge in [0.1, 0.15) is 11.3 Å². The molecule has 2 N–H and O–H groups in total. The molecule has 0 fully saturated rings. The second kappa shape index (κ2) is 5.48. The van der Waals surface area contributed by atoms with E-state index in [0.29, 0.717) is 5.52 Å². The van der Waals surface area contributed by atoms with E-state index in [4.69, 9.17) is 5.73 Å². The van der Waals surface area contributed by atoms with Gasteiger partial charge in [-0.15, -0.1) is 0 Å². The summed E-state index contributed by atoms with van der Waals surface area (Å²) in [6, 6.07) is 5.32. The number of nitrogens with two attached hydrogens (primary N) is 1. The highest BCUT2D eigenvalue weighted by Crippen LogP contribution is 2.20.